The van der Waals surface area contributed by atoms with Crippen molar-refractivity contribution in [1.29, 1.82) is 0 Å². The summed E-state index contributed by atoms with van der Waals surface area (Å²) in [7, 11) is 1.97. The molecule has 0 bridgehead atoms. The Morgan fingerprint density at radius 1 is 1.36 bits per heavy atom. The number of nitrogens with zero attached hydrogens (tertiary/aromatic N) is 4. The SMILES string of the molecule is CCc1ccccc1N(C(C)=O)c1nc(CSc2nccn2C)cs1. The molecule has 0 N–H and O–H groups in total. The molecular weight excluding hydrogens is 352 g/mol. The lowest BCUT2D eigenvalue weighted by atomic mass is 10.1. The molecule has 0 saturated carbocycles. The minimum atomic E-state index is -0.0291. The fourth-order valence-electron chi connectivity index (χ4n) is 2.53. The summed E-state index contributed by atoms with van der Waals surface area (Å²) >= 11 is 3.13. The minimum Gasteiger partial charge on any atom is -0.329 e. The van der Waals surface area contributed by atoms with E-state index in [-0.39, 0.29) is 5.91 Å². The number of amides is 1. The van der Waals surface area contributed by atoms with Gasteiger partial charge in [-0.25, -0.2) is 9.97 Å². The number of anilines is 2. The van der Waals surface area contributed by atoms with Crippen LogP contribution in [0.2, 0.25) is 0 Å². The number of aryl methyl sites for hydroxylation is 2. The van der Waals surface area contributed by atoms with Gasteiger partial charge in [-0.05, 0) is 18.1 Å². The Morgan fingerprint density at radius 2 is 2.16 bits per heavy atom. The molecule has 7 heteroatoms. The third-order valence-electron chi connectivity index (χ3n) is 3.79. The molecule has 2 heterocycles. The lowest BCUT2D eigenvalue weighted by molar-refractivity contribution is -0.115. The highest BCUT2D eigenvalue weighted by atomic mass is 32.2. The van der Waals surface area contributed by atoms with Crippen LogP contribution in [-0.2, 0) is 24.0 Å². The molecule has 2 aromatic heterocycles. The van der Waals surface area contributed by atoms with E-state index < -0.39 is 0 Å². The smallest absolute Gasteiger partial charge is 0.230 e. The zero-order valence-electron chi connectivity index (χ0n) is 14.5. The highest BCUT2D eigenvalue weighted by molar-refractivity contribution is 7.98. The van der Waals surface area contributed by atoms with Gasteiger partial charge in [0.25, 0.3) is 0 Å². The van der Waals surface area contributed by atoms with Gasteiger partial charge in [0.1, 0.15) is 0 Å². The number of para-hydroxylation sites is 1. The average Bonchev–Trinajstić information content (AvgIpc) is 3.22. The number of thiazole rings is 1. The zero-order valence-corrected chi connectivity index (χ0v) is 16.1. The van der Waals surface area contributed by atoms with Crippen LogP contribution in [0.15, 0.2) is 47.2 Å². The molecule has 1 amide bonds. The Balaban J connectivity index is 1.83. The average molecular weight is 373 g/mol. The number of hydrogen-bond donors (Lipinski definition) is 0. The molecule has 130 valence electrons. The Morgan fingerprint density at radius 3 is 2.84 bits per heavy atom. The topological polar surface area (TPSA) is 51.0 Å². The Labute approximate surface area is 155 Å². The number of carbonyl (C=O) groups excluding carboxylic acids is 1. The van der Waals surface area contributed by atoms with Crippen molar-refractivity contribution in [2.75, 3.05) is 4.90 Å². The summed E-state index contributed by atoms with van der Waals surface area (Å²) < 4.78 is 1.98. The van der Waals surface area contributed by atoms with Gasteiger partial charge in [-0.1, -0.05) is 36.9 Å². The summed E-state index contributed by atoms with van der Waals surface area (Å²) in [4.78, 5) is 23.0. The summed E-state index contributed by atoms with van der Waals surface area (Å²) in [6.45, 7) is 3.67. The Hall–Kier alpha value is -2.12. The number of imidazole rings is 1. The summed E-state index contributed by atoms with van der Waals surface area (Å²) in [5.74, 6) is 0.696. The van der Waals surface area contributed by atoms with Gasteiger partial charge in [0.15, 0.2) is 10.3 Å². The van der Waals surface area contributed by atoms with Crippen LogP contribution in [0.4, 0.5) is 10.8 Å². The van der Waals surface area contributed by atoms with Gasteiger partial charge in [-0.15, -0.1) is 11.3 Å². The Bertz CT molecular complexity index is 871. The maximum Gasteiger partial charge on any atom is 0.230 e. The van der Waals surface area contributed by atoms with Crippen molar-refractivity contribution < 1.29 is 4.79 Å². The minimum absolute atomic E-state index is 0.0291. The standard InChI is InChI=1S/C18H20N4OS2/c1-4-14-7-5-6-8-16(14)22(13(2)23)18-20-15(12-25-18)11-24-17-19-9-10-21(17)3/h5-10,12H,4,11H2,1-3H3. The van der Waals surface area contributed by atoms with Crippen LogP contribution in [0.1, 0.15) is 25.1 Å². The molecule has 5 nitrogen and oxygen atoms in total. The van der Waals surface area contributed by atoms with Crippen LogP contribution in [0, 0.1) is 0 Å². The monoisotopic (exact) mass is 372 g/mol. The summed E-state index contributed by atoms with van der Waals surface area (Å²) in [6.07, 6.45) is 4.58. The van der Waals surface area contributed by atoms with Crippen molar-refractivity contribution in [2.24, 2.45) is 7.05 Å². The third-order valence-corrected chi connectivity index (χ3v) is 5.75. The van der Waals surface area contributed by atoms with E-state index in [4.69, 9.17) is 0 Å². The molecule has 3 aromatic rings. The molecule has 0 spiro atoms. The number of carbonyl (C=O) groups is 1. The van der Waals surface area contributed by atoms with E-state index in [0.29, 0.717) is 5.13 Å². The van der Waals surface area contributed by atoms with E-state index in [1.54, 1.807) is 29.8 Å². The quantitative estimate of drug-likeness (QED) is 0.601. The number of rotatable bonds is 6. The fourth-order valence-corrected chi connectivity index (χ4v) is 4.34. The second-order valence-electron chi connectivity index (χ2n) is 5.57. The number of thioether (sulfide) groups is 1. The van der Waals surface area contributed by atoms with Crippen molar-refractivity contribution in [1.82, 2.24) is 14.5 Å². The number of aromatic nitrogens is 3. The first-order valence-electron chi connectivity index (χ1n) is 8.03. The van der Waals surface area contributed by atoms with Crippen molar-refractivity contribution >= 4 is 39.8 Å². The van der Waals surface area contributed by atoms with Gasteiger partial charge in [0.2, 0.25) is 5.91 Å². The van der Waals surface area contributed by atoms with E-state index in [1.165, 1.54) is 11.3 Å². The summed E-state index contributed by atoms with van der Waals surface area (Å²) in [5.41, 5.74) is 3.00. The van der Waals surface area contributed by atoms with Crippen LogP contribution in [-0.4, -0.2) is 20.4 Å². The van der Waals surface area contributed by atoms with E-state index >= 15 is 0 Å². The second kappa shape index (κ2) is 7.84. The highest BCUT2D eigenvalue weighted by Gasteiger charge is 2.20. The van der Waals surface area contributed by atoms with Crippen molar-refractivity contribution in [3.8, 4) is 0 Å². The predicted octanol–water partition coefficient (Wildman–Crippen LogP) is 4.42. The van der Waals surface area contributed by atoms with Crippen LogP contribution >= 0.6 is 23.1 Å². The van der Waals surface area contributed by atoms with Gasteiger partial charge in [0.05, 0.1) is 11.4 Å². The van der Waals surface area contributed by atoms with Crippen LogP contribution < -0.4 is 4.90 Å². The predicted molar refractivity (Wildman–Crippen MR) is 104 cm³/mol. The first kappa shape index (κ1) is 17.7. The van der Waals surface area contributed by atoms with Gasteiger partial charge in [-0.3, -0.25) is 9.69 Å². The zero-order chi connectivity index (χ0) is 17.8. The molecule has 0 fully saturated rings. The lowest BCUT2D eigenvalue weighted by Crippen LogP contribution is -2.23. The maximum atomic E-state index is 12.3. The van der Waals surface area contributed by atoms with Crippen LogP contribution in [0.3, 0.4) is 0 Å². The van der Waals surface area contributed by atoms with Crippen LogP contribution in [0.25, 0.3) is 0 Å². The molecule has 1 aromatic carbocycles. The molecule has 3 rings (SSSR count). The molecule has 0 atom stereocenters. The number of benzene rings is 1. The first-order chi connectivity index (χ1) is 12.1. The summed E-state index contributed by atoms with van der Waals surface area (Å²) in [5, 5.41) is 3.67. The maximum absolute atomic E-state index is 12.3. The van der Waals surface area contributed by atoms with Gasteiger partial charge in [-0.2, -0.15) is 0 Å². The second-order valence-corrected chi connectivity index (χ2v) is 7.35. The molecule has 25 heavy (non-hydrogen) atoms. The molecule has 0 aliphatic rings. The lowest BCUT2D eigenvalue weighted by Gasteiger charge is -2.20. The van der Waals surface area contributed by atoms with E-state index in [9.17, 15) is 4.79 Å². The highest BCUT2D eigenvalue weighted by Crippen LogP contribution is 2.33. The largest absolute Gasteiger partial charge is 0.329 e. The van der Waals surface area contributed by atoms with E-state index in [0.717, 1.165) is 34.3 Å². The van der Waals surface area contributed by atoms with Gasteiger partial charge < -0.3 is 4.57 Å². The molecular formula is C18H20N4OS2. The van der Waals surface area contributed by atoms with E-state index in [1.807, 2.05) is 41.4 Å². The fraction of sp³-hybridized carbons (Fsp3) is 0.278. The molecule has 0 radical (unpaired) electrons. The normalized spacial score (nSPS) is 10.8. The first-order valence-corrected chi connectivity index (χ1v) is 9.89. The summed E-state index contributed by atoms with van der Waals surface area (Å²) in [6, 6.07) is 7.98. The molecule has 0 aliphatic carbocycles. The van der Waals surface area contributed by atoms with E-state index in [2.05, 4.69) is 23.0 Å². The molecule has 0 saturated heterocycles. The Kier molecular flexibility index (Phi) is 5.55. The van der Waals surface area contributed by atoms with Gasteiger partial charge >= 0.3 is 0 Å². The molecule has 0 aliphatic heterocycles. The van der Waals surface area contributed by atoms with Gasteiger partial charge in [0, 0.05) is 37.5 Å². The number of hydrogen-bond acceptors (Lipinski definition) is 5. The van der Waals surface area contributed by atoms with Crippen molar-refractivity contribution in [2.45, 2.75) is 31.2 Å². The van der Waals surface area contributed by atoms with Crippen molar-refractivity contribution in [3.63, 3.8) is 0 Å². The van der Waals surface area contributed by atoms with Crippen LogP contribution in [0.5, 0.6) is 0 Å². The van der Waals surface area contributed by atoms with Crippen molar-refractivity contribution in [3.05, 3.63) is 53.3 Å². The molecule has 0 unspecified atom stereocenters. The third kappa shape index (κ3) is 3.93.